The van der Waals surface area contributed by atoms with Crippen LogP contribution in [0, 0.1) is 10.1 Å². The topological polar surface area (TPSA) is 90.7 Å². The molecule has 0 saturated heterocycles. The van der Waals surface area contributed by atoms with E-state index in [-0.39, 0.29) is 22.7 Å². The Balaban J connectivity index is 2.42. The minimum atomic E-state index is -0.630. The summed E-state index contributed by atoms with van der Waals surface area (Å²) in [6, 6.07) is 9.37. The highest BCUT2D eigenvalue weighted by Gasteiger charge is 2.24. The average Bonchev–Trinajstić information content (AvgIpc) is 2.56. The molecule has 0 fully saturated rings. The van der Waals surface area contributed by atoms with E-state index < -0.39 is 10.8 Å². The van der Waals surface area contributed by atoms with Crippen LogP contribution in [0.5, 0.6) is 11.5 Å². The second-order valence-corrected chi connectivity index (χ2v) is 5.59. The molecule has 0 aliphatic heterocycles. The number of amides is 1. The number of ether oxygens (including phenoxy) is 2. The number of hydrogen-bond donors (Lipinski definition) is 1. The minimum Gasteiger partial charge on any atom is -0.493 e. The van der Waals surface area contributed by atoms with Gasteiger partial charge in [0.1, 0.15) is 5.56 Å². The van der Waals surface area contributed by atoms with Crippen LogP contribution in [0.4, 0.5) is 11.4 Å². The summed E-state index contributed by atoms with van der Waals surface area (Å²) < 4.78 is 11.3. The molecule has 0 saturated carbocycles. The normalized spacial score (nSPS) is 10.1. The molecule has 24 heavy (non-hydrogen) atoms. The van der Waals surface area contributed by atoms with Crippen molar-refractivity contribution >= 4 is 33.2 Å². The number of nitro benzene ring substituents is 1. The SMILES string of the molecule is CCOc1cc(C(=O)Nc2ccc(Br)cc2)c([N+](=O)[O-])cc1OC. The summed E-state index contributed by atoms with van der Waals surface area (Å²) in [6.45, 7) is 2.10. The number of nitrogens with zero attached hydrogens (tertiary/aromatic N) is 1. The van der Waals surface area contributed by atoms with Gasteiger partial charge in [0, 0.05) is 16.2 Å². The molecule has 0 heterocycles. The van der Waals surface area contributed by atoms with Crippen molar-refractivity contribution in [3.8, 4) is 11.5 Å². The van der Waals surface area contributed by atoms with Crippen LogP contribution >= 0.6 is 15.9 Å². The van der Waals surface area contributed by atoms with Gasteiger partial charge in [-0.1, -0.05) is 15.9 Å². The molecule has 0 atom stereocenters. The monoisotopic (exact) mass is 394 g/mol. The van der Waals surface area contributed by atoms with Gasteiger partial charge < -0.3 is 14.8 Å². The summed E-state index contributed by atoms with van der Waals surface area (Å²) in [4.78, 5) is 23.1. The molecular formula is C16H15BrN2O5. The van der Waals surface area contributed by atoms with Crippen molar-refractivity contribution in [1.29, 1.82) is 0 Å². The summed E-state index contributed by atoms with van der Waals surface area (Å²) in [5, 5.41) is 13.9. The lowest BCUT2D eigenvalue weighted by Crippen LogP contribution is -2.14. The first-order valence-electron chi connectivity index (χ1n) is 7.02. The Morgan fingerprint density at radius 1 is 1.25 bits per heavy atom. The van der Waals surface area contributed by atoms with Gasteiger partial charge in [-0.3, -0.25) is 14.9 Å². The molecule has 0 spiro atoms. The van der Waals surface area contributed by atoms with Gasteiger partial charge in [0.15, 0.2) is 11.5 Å². The molecule has 2 aromatic carbocycles. The molecule has 2 aromatic rings. The van der Waals surface area contributed by atoms with Crippen molar-refractivity contribution in [2.24, 2.45) is 0 Å². The summed E-state index contributed by atoms with van der Waals surface area (Å²) >= 11 is 3.30. The maximum atomic E-state index is 12.5. The van der Waals surface area contributed by atoms with E-state index in [2.05, 4.69) is 21.2 Å². The number of hydrogen-bond acceptors (Lipinski definition) is 5. The van der Waals surface area contributed by atoms with Crippen LogP contribution < -0.4 is 14.8 Å². The van der Waals surface area contributed by atoms with Gasteiger partial charge in [-0.05, 0) is 31.2 Å². The third kappa shape index (κ3) is 4.02. The number of carbonyl (C=O) groups is 1. The predicted octanol–water partition coefficient (Wildman–Crippen LogP) is 4.02. The Labute approximate surface area is 146 Å². The van der Waals surface area contributed by atoms with Gasteiger partial charge in [0.05, 0.1) is 24.7 Å². The largest absolute Gasteiger partial charge is 0.493 e. The van der Waals surface area contributed by atoms with E-state index in [4.69, 9.17) is 9.47 Å². The number of benzene rings is 2. The van der Waals surface area contributed by atoms with Crippen LogP contribution in [0.2, 0.25) is 0 Å². The highest BCUT2D eigenvalue weighted by Crippen LogP contribution is 2.35. The van der Waals surface area contributed by atoms with E-state index in [0.717, 1.165) is 4.47 Å². The van der Waals surface area contributed by atoms with Crippen LogP contribution in [0.1, 0.15) is 17.3 Å². The van der Waals surface area contributed by atoms with Crippen LogP contribution in [-0.2, 0) is 0 Å². The molecule has 1 N–H and O–H groups in total. The fraction of sp³-hybridized carbons (Fsp3) is 0.188. The molecule has 8 heteroatoms. The molecule has 1 amide bonds. The van der Waals surface area contributed by atoms with Crippen LogP contribution in [0.3, 0.4) is 0 Å². The van der Waals surface area contributed by atoms with Crippen molar-refractivity contribution in [2.45, 2.75) is 6.92 Å². The lowest BCUT2D eigenvalue weighted by molar-refractivity contribution is -0.385. The molecule has 0 radical (unpaired) electrons. The number of halogens is 1. The average molecular weight is 395 g/mol. The molecule has 126 valence electrons. The second-order valence-electron chi connectivity index (χ2n) is 4.67. The van der Waals surface area contributed by atoms with E-state index in [1.165, 1.54) is 19.2 Å². The van der Waals surface area contributed by atoms with Crippen LogP contribution in [-0.4, -0.2) is 24.5 Å². The van der Waals surface area contributed by atoms with Crippen molar-refractivity contribution < 1.29 is 19.2 Å². The number of nitrogens with one attached hydrogen (secondary N) is 1. The molecule has 0 aromatic heterocycles. The molecular weight excluding hydrogens is 380 g/mol. The zero-order chi connectivity index (χ0) is 17.7. The summed E-state index contributed by atoms with van der Waals surface area (Å²) in [6.07, 6.45) is 0. The third-order valence-corrected chi connectivity index (χ3v) is 3.65. The fourth-order valence-electron chi connectivity index (χ4n) is 2.04. The van der Waals surface area contributed by atoms with E-state index in [9.17, 15) is 14.9 Å². The number of carbonyl (C=O) groups excluding carboxylic acids is 1. The molecule has 0 aliphatic rings. The summed E-state index contributed by atoms with van der Waals surface area (Å²) in [5.74, 6) is -0.136. The Morgan fingerprint density at radius 3 is 2.46 bits per heavy atom. The lowest BCUT2D eigenvalue weighted by atomic mass is 10.1. The van der Waals surface area contributed by atoms with Crippen molar-refractivity contribution in [1.82, 2.24) is 0 Å². The number of methoxy groups -OCH3 is 1. The Hall–Kier alpha value is -2.61. The quantitative estimate of drug-likeness (QED) is 0.590. The predicted molar refractivity (Wildman–Crippen MR) is 92.9 cm³/mol. The van der Waals surface area contributed by atoms with Gasteiger partial charge in [-0.15, -0.1) is 0 Å². The highest BCUT2D eigenvalue weighted by atomic mass is 79.9. The Bertz CT molecular complexity index is 762. The number of rotatable bonds is 6. The molecule has 0 unspecified atom stereocenters. The number of nitro groups is 1. The lowest BCUT2D eigenvalue weighted by Gasteiger charge is -2.12. The summed E-state index contributed by atoms with van der Waals surface area (Å²) in [5.41, 5.74) is 0.0587. The van der Waals surface area contributed by atoms with Crippen molar-refractivity contribution in [3.63, 3.8) is 0 Å². The maximum absolute atomic E-state index is 12.5. The molecule has 0 aliphatic carbocycles. The summed E-state index contributed by atoms with van der Waals surface area (Å²) in [7, 11) is 1.38. The number of anilines is 1. The van der Waals surface area contributed by atoms with E-state index >= 15 is 0 Å². The first kappa shape index (κ1) is 17.7. The van der Waals surface area contributed by atoms with Gasteiger partial charge in [-0.25, -0.2) is 0 Å². The smallest absolute Gasteiger partial charge is 0.286 e. The van der Waals surface area contributed by atoms with E-state index in [1.807, 2.05) is 0 Å². The third-order valence-electron chi connectivity index (χ3n) is 3.13. The zero-order valence-electron chi connectivity index (χ0n) is 13.0. The van der Waals surface area contributed by atoms with Crippen molar-refractivity contribution in [2.75, 3.05) is 19.0 Å². The minimum absolute atomic E-state index is 0.104. The molecule has 7 nitrogen and oxygen atoms in total. The first-order chi connectivity index (χ1) is 11.5. The Morgan fingerprint density at radius 2 is 1.92 bits per heavy atom. The van der Waals surface area contributed by atoms with E-state index in [1.54, 1.807) is 31.2 Å². The van der Waals surface area contributed by atoms with Gasteiger partial charge in [0.2, 0.25) is 0 Å². The van der Waals surface area contributed by atoms with Gasteiger partial charge >= 0.3 is 0 Å². The molecule has 0 bridgehead atoms. The van der Waals surface area contributed by atoms with Crippen LogP contribution in [0.15, 0.2) is 40.9 Å². The maximum Gasteiger partial charge on any atom is 0.286 e. The fourth-order valence-corrected chi connectivity index (χ4v) is 2.31. The van der Waals surface area contributed by atoms with Gasteiger partial charge in [0.25, 0.3) is 11.6 Å². The highest BCUT2D eigenvalue weighted by molar-refractivity contribution is 9.10. The van der Waals surface area contributed by atoms with Gasteiger partial charge in [-0.2, -0.15) is 0 Å². The second kappa shape index (κ2) is 7.78. The first-order valence-corrected chi connectivity index (χ1v) is 7.81. The van der Waals surface area contributed by atoms with E-state index in [0.29, 0.717) is 12.3 Å². The van der Waals surface area contributed by atoms with Crippen LogP contribution in [0.25, 0.3) is 0 Å². The Kier molecular flexibility index (Phi) is 5.75. The van der Waals surface area contributed by atoms with Crippen molar-refractivity contribution in [3.05, 3.63) is 56.5 Å². The standard InChI is InChI=1S/C16H15BrN2O5/c1-3-24-15-8-12(13(19(21)22)9-14(15)23-2)16(20)18-11-6-4-10(17)5-7-11/h4-9H,3H2,1-2H3,(H,18,20). The zero-order valence-corrected chi connectivity index (χ0v) is 14.6. The molecule has 2 rings (SSSR count).